The van der Waals surface area contributed by atoms with E-state index in [1.165, 1.54) is 0 Å². The molecule has 0 saturated carbocycles. The molecule has 1 fully saturated rings. The number of aryl methyl sites for hydroxylation is 1. The molecule has 4 rings (SSSR count). The van der Waals surface area contributed by atoms with Gasteiger partial charge in [-0.2, -0.15) is 0 Å². The fourth-order valence-corrected chi connectivity index (χ4v) is 3.42. The van der Waals surface area contributed by atoms with Gasteiger partial charge < -0.3 is 16.4 Å². The molecule has 0 amide bonds. The van der Waals surface area contributed by atoms with Crippen LogP contribution in [0.15, 0.2) is 47.5 Å². The number of fused-ring (bicyclic) bond motifs is 1. The third-order valence-electron chi connectivity index (χ3n) is 4.54. The summed E-state index contributed by atoms with van der Waals surface area (Å²) < 4.78 is 0. The van der Waals surface area contributed by atoms with Crippen molar-refractivity contribution in [2.24, 2.45) is 10.7 Å². The zero-order valence-corrected chi connectivity index (χ0v) is 17.7. The van der Waals surface area contributed by atoms with E-state index in [1.54, 1.807) is 6.07 Å². The molecule has 2 heterocycles. The van der Waals surface area contributed by atoms with Crippen molar-refractivity contribution >= 4 is 40.4 Å². The predicted octanol–water partition coefficient (Wildman–Crippen LogP) is 5.55. The summed E-state index contributed by atoms with van der Waals surface area (Å²) >= 11 is 11.3. The standard InChI is InChI=1S/C12H16N4.C7H6Cl2.C2H6/c13-11-12(5-7-14-8-6-12)16-10-4-2-1-3-9(10)15-11;1-5-2-3-6(8)7(9)4-5;1-2/h1-4,14,16H,5-8H2,(H2,13,15);2-4H,1H3;1-2H3. The highest BCUT2D eigenvalue weighted by Crippen LogP contribution is 2.35. The molecular weight excluding hydrogens is 379 g/mol. The third-order valence-corrected chi connectivity index (χ3v) is 5.28. The highest BCUT2D eigenvalue weighted by atomic mass is 35.5. The summed E-state index contributed by atoms with van der Waals surface area (Å²) in [7, 11) is 0. The number of nitrogens with zero attached hydrogens (tertiary/aromatic N) is 1. The first-order chi connectivity index (χ1) is 13.0. The van der Waals surface area contributed by atoms with Gasteiger partial charge in [0.2, 0.25) is 0 Å². The fourth-order valence-electron chi connectivity index (χ4n) is 3.07. The van der Waals surface area contributed by atoms with E-state index in [2.05, 4.69) is 21.7 Å². The number of benzene rings is 2. The Balaban J connectivity index is 0.000000203. The van der Waals surface area contributed by atoms with Crippen molar-refractivity contribution in [1.29, 1.82) is 0 Å². The maximum atomic E-state index is 6.12. The number of hydrogen-bond donors (Lipinski definition) is 3. The second kappa shape index (κ2) is 9.98. The summed E-state index contributed by atoms with van der Waals surface area (Å²) in [5, 5.41) is 8.15. The smallest absolute Gasteiger partial charge is 0.126 e. The topological polar surface area (TPSA) is 62.4 Å². The molecule has 0 aromatic heterocycles. The minimum absolute atomic E-state index is 0.125. The molecule has 0 radical (unpaired) electrons. The number of rotatable bonds is 0. The lowest BCUT2D eigenvalue weighted by Gasteiger charge is -2.41. The monoisotopic (exact) mass is 406 g/mol. The van der Waals surface area contributed by atoms with Crippen molar-refractivity contribution in [3.8, 4) is 0 Å². The molecule has 2 aliphatic rings. The average Bonchev–Trinajstić information content (AvgIpc) is 2.69. The molecule has 1 spiro atoms. The van der Waals surface area contributed by atoms with Crippen LogP contribution in [0.25, 0.3) is 0 Å². The van der Waals surface area contributed by atoms with Crippen LogP contribution in [0.4, 0.5) is 11.4 Å². The Labute approximate surface area is 172 Å². The fraction of sp³-hybridized carbons (Fsp3) is 0.381. The molecule has 0 bridgehead atoms. The molecule has 6 heteroatoms. The summed E-state index contributed by atoms with van der Waals surface area (Å²) in [6.45, 7) is 7.96. The molecule has 27 heavy (non-hydrogen) atoms. The summed E-state index contributed by atoms with van der Waals surface area (Å²) in [5.74, 6) is 0.729. The van der Waals surface area contributed by atoms with Gasteiger partial charge in [-0.1, -0.05) is 55.2 Å². The Morgan fingerprint density at radius 1 is 1.00 bits per heavy atom. The van der Waals surface area contributed by atoms with Gasteiger partial charge in [0.25, 0.3) is 0 Å². The Bertz CT molecular complexity index is 784. The number of para-hydroxylation sites is 2. The van der Waals surface area contributed by atoms with E-state index in [4.69, 9.17) is 28.9 Å². The normalized spacial score (nSPS) is 16.6. The molecule has 2 aromatic rings. The van der Waals surface area contributed by atoms with Gasteiger partial charge in [0.05, 0.1) is 27.0 Å². The van der Waals surface area contributed by atoms with Gasteiger partial charge in [-0.05, 0) is 62.7 Å². The van der Waals surface area contributed by atoms with E-state index >= 15 is 0 Å². The number of nitrogens with one attached hydrogen (secondary N) is 2. The molecule has 2 aromatic carbocycles. The van der Waals surface area contributed by atoms with E-state index < -0.39 is 0 Å². The van der Waals surface area contributed by atoms with E-state index in [9.17, 15) is 0 Å². The molecule has 2 aliphatic heterocycles. The van der Waals surface area contributed by atoms with Crippen LogP contribution in [0.2, 0.25) is 10.0 Å². The van der Waals surface area contributed by atoms with Gasteiger partial charge in [0, 0.05) is 0 Å². The Kier molecular flexibility index (Phi) is 7.96. The van der Waals surface area contributed by atoms with Crippen molar-refractivity contribution in [1.82, 2.24) is 5.32 Å². The van der Waals surface area contributed by atoms with Crippen LogP contribution in [0.3, 0.4) is 0 Å². The van der Waals surface area contributed by atoms with Gasteiger partial charge in [-0.3, -0.25) is 0 Å². The van der Waals surface area contributed by atoms with Crippen LogP contribution in [0.5, 0.6) is 0 Å². The quantitative estimate of drug-likeness (QED) is 0.537. The number of amidine groups is 1. The number of halogens is 2. The average molecular weight is 407 g/mol. The first-order valence-electron chi connectivity index (χ1n) is 9.34. The molecular formula is C21H28Cl2N4. The lowest BCUT2D eigenvalue weighted by Crippen LogP contribution is -2.57. The molecule has 1 saturated heterocycles. The van der Waals surface area contributed by atoms with Crippen molar-refractivity contribution in [3.05, 3.63) is 58.1 Å². The Hall–Kier alpha value is -1.75. The number of hydrogen-bond acceptors (Lipinski definition) is 4. The maximum absolute atomic E-state index is 6.12. The van der Waals surface area contributed by atoms with E-state index in [-0.39, 0.29) is 5.54 Å². The molecule has 4 nitrogen and oxygen atoms in total. The molecule has 0 aliphatic carbocycles. The highest BCUT2D eigenvalue weighted by Gasteiger charge is 2.38. The van der Waals surface area contributed by atoms with Crippen LogP contribution in [-0.4, -0.2) is 24.5 Å². The van der Waals surface area contributed by atoms with Gasteiger partial charge in [0.15, 0.2) is 0 Å². The highest BCUT2D eigenvalue weighted by molar-refractivity contribution is 6.42. The minimum Gasteiger partial charge on any atom is -0.385 e. The van der Waals surface area contributed by atoms with Gasteiger partial charge >= 0.3 is 0 Å². The number of piperidine rings is 1. The van der Waals surface area contributed by atoms with E-state index in [0.717, 1.165) is 48.7 Å². The zero-order valence-electron chi connectivity index (χ0n) is 16.2. The molecule has 4 N–H and O–H groups in total. The van der Waals surface area contributed by atoms with Crippen LogP contribution in [0, 0.1) is 6.92 Å². The van der Waals surface area contributed by atoms with Crippen molar-refractivity contribution in [3.63, 3.8) is 0 Å². The van der Waals surface area contributed by atoms with Crippen LogP contribution < -0.4 is 16.4 Å². The van der Waals surface area contributed by atoms with Gasteiger partial charge in [-0.15, -0.1) is 0 Å². The maximum Gasteiger partial charge on any atom is 0.126 e. The number of aliphatic imine (C=N–C) groups is 1. The van der Waals surface area contributed by atoms with Gasteiger partial charge in [-0.25, -0.2) is 4.99 Å². The largest absolute Gasteiger partial charge is 0.385 e. The van der Waals surface area contributed by atoms with Crippen molar-refractivity contribution in [2.75, 3.05) is 18.4 Å². The van der Waals surface area contributed by atoms with Crippen molar-refractivity contribution in [2.45, 2.75) is 39.2 Å². The van der Waals surface area contributed by atoms with Crippen LogP contribution >= 0.6 is 23.2 Å². The lowest BCUT2D eigenvalue weighted by atomic mass is 9.85. The lowest BCUT2D eigenvalue weighted by molar-refractivity contribution is 0.418. The third kappa shape index (κ3) is 5.38. The summed E-state index contributed by atoms with van der Waals surface area (Å²) in [6.07, 6.45) is 1.99. The summed E-state index contributed by atoms with van der Waals surface area (Å²) in [5.41, 5.74) is 9.17. The van der Waals surface area contributed by atoms with Crippen LogP contribution in [0.1, 0.15) is 32.3 Å². The molecule has 0 unspecified atom stereocenters. The van der Waals surface area contributed by atoms with E-state index in [1.807, 2.05) is 51.1 Å². The van der Waals surface area contributed by atoms with E-state index in [0.29, 0.717) is 10.0 Å². The second-order valence-electron chi connectivity index (χ2n) is 6.39. The summed E-state index contributed by atoms with van der Waals surface area (Å²) in [6, 6.07) is 13.6. The summed E-state index contributed by atoms with van der Waals surface area (Å²) in [4.78, 5) is 4.53. The SMILES string of the molecule is CC.Cc1ccc(Cl)c(Cl)c1.NC1=Nc2ccccc2NC12CCNCC2. The predicted molar refractivity (Wildman–Crippen MR) is 119 cm³/mol. The zero-order chi connectivity index (χ0) is 19.9. The molecule has 0 atom stereocenters. The second-order valence-corrected chi connectivity index (χ2v) is 7.20. The Morgan fingerprint density at radius 3 is 2.30 bits per heavy atom. The van der Waals surface area contributed by atoms with Crippen LogP contribution in [-0.2, 0) is 0 Å². The minimum atomic E-state index is -0.125. The number of anilines is 1. The number of nitrogens with two attached hydrogens (primary N) is 1. The first-order valence-corrected chi connectivity index (χ1v) is 10.1. The Morgan fingerprint density at radius 2 is 1.67 bits per heavy atom. The first kappa shape index (κ1) is 21.5. The van der Waals surface area contributed by atoms with Crippen molar-refractivity contribution < 1.29 is 0 Å². The molecule has 146 valence electrons. The van der Waals surface area contributed by atoms with Gasteiger partial charge in [0.1, 0.15) is 5.84 Å².